The van der Waals surface area contributed by atoms with Crippen LogP contribution in [0.3, 0.4) is 0 Å². The predicted molar refractivity (Wildman–Crippen MR) is 133 cm³/mol. The standard InChI is InChI=1S/C26H20N6O2/c33-25(31-29-15-19-13-27-23-10-3-1-8-21(19)23)17-6-5-7-18(12-17)26(34)32-30-16-20-14-28-24-11-4-2-9-22(20)24/h1-16,27-28H,(H,31,33)(H,32,34)/b29-15-,30-16-. The lowest BCUT2D eigenvalue weighted by Gasteiger charge is -2.03. The summed E-state index contributed by atoms with van der Waals surface area (Å²) in [7, 11) is 0. The van der Waals surface area contributed by atoms with Gasteiger partial charge >= 0.3 is 0 Å². The molecule has 3 aromatic carbocycles. The Hall–Kier alpha value is -4.98. The van der Waals surface area contributed by atoms with E-state index in [0.717, 1.165) is 32.9 Å². The highest BCUT2D eigenvalue weighted by Gasteiger charge is 2.10. The van der Waals surface area contributed by atoms with Gasteiger partial charge in [0.25, 0.3) is 11.8 Å². The normalized spacial score (nSPS) is 11.5. The van der Waals surface area contributed by atoms with E-state index in [0.29, 0.717) is 11.1 Å². The second-order valence-electron chi connectivity index (χ2n) is 7.56. The number of hydrazone groups is 2. The van der Waals surface area contributed by atoms with Gasteiger partial charge in [-0.1, -0.05) is 42.5 Å². The minimum atomic E-state index is -0.423. The molecule has 8 heteroatoms. The van der Waals surface area contributed by atoms with Crippen molar-refractivity contribution in [1.29, 1.82) is 0 Å². The van der Waals surface area contributed by atoms with Crippen molar-refractivity contribution < 1.29 is 9.59 Å². The molecule has 0 spiro atoms. The number of aromatic nitrogens is 2. The van der Waals surface area contributed by atoms with Crippen molar-refractivity contribution in [3.8, 4) is 0 Å². The Morgan fingerprint density at radius 3 is 1.62 bits per heavy atom. The van der Waals surface area contributed by atoms with Crippen molar-refractivity contribution in [2.75, 3.05) is 0 Å². The summed E-state index contributed by atoms with van der Waals surface area (Å²) >= 11 is 0. The molecule has 0 aliphatic carbocycles. The third-order valence-electron chi connectivity index (χ3n) is 5.37. The summed E-state index contributed by atoms with van der Waals surface area (Å²) in [4.78, 5) is 31.3. The van der Waals surface area contributed by atoms with E-state index in [2.05, 4.69) is 31.0 Å². The molecule has 8 nitrogen and oxygen atoms in total. The molecule has 0 aliphatic rings. The number of para-hydroxylation sites is 2. The van der Waals surface area contributed by atoms with Crippen LogP contribution in [0.5, 0.6) is 0 Å². The highest BCUT2D eigenvalue weighted by Crippen LogP contribution is 2.16. The van der Waals surface area contributed by atoms with Gasteiger partial charge in [-0.2, -0.15) is 10.2 Å². The van der Waals surface area contributed by atoms with Crippen LogP contribution in [0.25, 0.3) is 21.8 Å². The number of benzene rings is 3. The van der Waals surface area contributed by atoms with Crippen LogP contribution in [0.4, 0.5) is 0 Å². The number of nitrogens with zero attached hydrogens (tertiary/aromatic N) is 2. The number of fused-ring (bicyclic) bond motifs is 2. The molecule has 4 N–H and O–H groups in total. The Kier molecular flexibility index (Phi) is 5.69. The van der Waals surface area contributed by atoms with Gasteiger partial charge in [0.1, 0.15) is 0 Å². The van der Waals surface area contributed by atoms with Crippen LogP contribution >= 0.6 is 0 Å². The third-order valence-corrected chi connectivity index (χ3v) is 5.37. The first-order chi connectivity index (χ1) is 16.7. The number of hydrogen-bond acceptors (Lipinski definition) is 4. The third kappa shape index (κ3) is 4.33. The topological polar surface area (TPSA) is 114 Å². The van der Waals surface area contributed by atoms with Gasteiger partial charge in [0.15, 0.2) is 0 Å². The van der Waals surface area contributed by atoms with Gasteiger partial charge in [-0.15, -0.1) is 0 Å². The Morgan fingerprint density at radius 1 is 0.647 bits per heavy atom. The van der Waals surface area contributed by atoms with E-state index in [9.17, 15) is 9.59 Å². The fourth-order valence-corrected chi connectivity index (χ4v) is 3.65. The van der Waals surface area contributed by atoms with Crippen LogP contribution in [0.2, 0.25) is 0 Å². The molecule has 2 heterocycles. The molecule has 0 bridgehead atoms. The van der Waals surface area contributed by atoms with Crippen molar-refractivity contribution in [2.24, 2.45) is 10.2 Å². The second-order valence-corrected chi connectivity index (χ2v) is 7.56. The average molecular weight is 448 g/mol. The van der Waals surface area contributed by atoms with E-state index >= 15 is 0 Å². The molecule has 0 radical (unpaired) electrons. The number of nitrogens with one attached hydrogen (secondary N) is 4. The first kappa shape index (κ1) is 20.9. The summed E-state index contributed by atoms with van der Waals surface area (Å²) in [5.41, 5.74) is 9.31. The van der Waals surface area contributed by atoms with Crippen LogP contribution in [0, 0.1) is 0 Å². The molecule has 5 aromatic rings. The maximum absolute atomic E-state index is 12.5. The Morgan fingerprint density at radius 2 is 1.12 bits per heavy atom. The fourth-order valence-electron chi connectivity index (χ4n) is 3.65. The smallest absolute Gasteiger partial charge is 0.271 e. The maximum atomic E-state index is 12.5. The summed E-state index contributed by atoms with van der Waals surface area (Å²) in [5, 5.41) is 10.1. The van der Waals surface area contributed by atoms with Crippen molar-refractivity contribution in [3.05, 3.63) is 107 Å². The van der Waals surface area contributed by atoms with Crippen LogP contribution in [-0.4, -0.2) is 34.2 Å². The fraction of sp³-hybridized carbons (Fsp3) is 0. The molecule has 34 heavy (non-hydrogen) atoms. The lowest BCUT2D eigenvalue weighted by Crippen LogP contribution is -2.20. The summed E-state index contributed by atoms with van der Waals surface area (Å²) in [5.74, 6) is -0.846. The lowest BCUT2D eigenvalue weighted by molar-refractivity contribution is 0.0954. The highest BCUT2D eigenvalue weighted by atomic mass is 16.2. The van der Waals surface area contributed by atoms with Crippen LogP contribution in [0.1, 0.15) is 31.8 Å². The quantitative estimate of drug-likeness (QED) is 0.231. The van der Waals surface area contributed by atoms with Gasteiger partial charge in [0.2, 0.25) is 0 Å². The average Bonchev–Trinajstić information content (AvgIpc) is 3.48. The number of amides is 2. The van der Waals surface area contributed by atoms with Gasteiger partial charge in [-0.25, -0.2) is 10.9 Å². The molecule has 5 rings (SSSR count). The molecule has 0 saturated heterocycles. The largest absolute Gasteiger partial charge is 0.361 e. The summed E-state index contributed by atoms with van der Waals surface area (Å²) in [6.07, 6.45) is 6.80. The van der Waals surface area contributed by atoms with Crippen LogP contribution in [-0.2, 0) is 0 Å². The van der Waals surface area contributed by atoms with Crippen molar-refractivity contribution in [1.82, 2.24) is 20.8 Å². The first-order valence-corrected chi connectivity index (χ1v) is 10.6. The van der Waals surface area contributed by atoms with Crippen LogP contribution in [0.15, 0.2) is 95.4 Å². The molecule has 166 valence electrons. The van der Waals surface area contributed by atoms with Crippen molar-refractivity contribution in [2.45, 2.75) is 0 Å². The van der Waals surface area contributed by atoms with Crippen LogP contribution < -0.4 is 10.9 Å². The summed E-state index contributed by atoms with van der Waals surface area (Å²) < 4.78 is 0. The Balaban J connectivity index is 1.22. The zero-order valence-electron chi connectivity index (χ0n) is 17.9. The van der Waals surface area contributed by atoms with E-state index in [1.807, 2.05) is 60.9 Å². The molecule has 2 aromatic heterocycles. The van der Waals surface area contributed by atoms with Gasteiger partial charge < -0.3 is 9.97 Å². The number of H-pyrrole nitrogens is 2. The van der Waals surface area contributed by atoms with E-state index < -0.39 is 11.8 Å². The van der Waals surface area contributed by atoms with E-state index in [4.69, 9.17) is 0 Å². The van der Waals surface area contributed by atoms with Crippen molar-refractivity contribution >= 4 is 46.0 Å². The second kappa shape index (κ2) is 9.25. The maximum Gasteiger partial charge on any atom is 0.271 e. The zero-order chi connectivity index (χ0) is 23.3. The Bertz CT molecular complexity index is 1450. The zero-order valence-corrected chi connectivity index (χ0v) is 17.9. The van der Waals surface area contributed by atoms with E-state index in [1.165, 1.54) is 6.07 Å². The number of carbonyl (C=O) groups is 2. The van der Waals surface area contributed by atoms with Crippen molar-refractivity contribution in [3.63, 3.8) is 0 Å². The van der Waals surface area contributed by atoms with E-state index in [-0.39, 0.29) is 0 Å². The molecule has 0 aliphatic heterocycles. The summed E-state index contributed by atoms with van der Waals surface area (Å²) in [6.45, 7) is 0. The number of carbonyl (C=O) groups excluding carboxylic acids is 2. The van der Waals surface area contributed by atoms with Gasteiger partial charge in [-0.3, -0.25) is 9.59 Å². The Labute approximate surface area is 194 Å². The highest BCUT2D eigenvalue weighted by molar-refractivity contribution is 6.02. The SMILES string of the molecule is O=C(N/N=C\c1c[nH]c2ccccc12)c1cccc(C(=O)N/N=C\c2c[nH]c3ccccc23)c1. The predicted octanol–water partition coefficient (Wildman–Crippen LogP) is 4.18. The molecule has 2 amide bonds. The molecular formula is C26H20N6O2. The van der Waals surface area contributed by atoms with E-state index in [1.54, 1.807) is 30.6 Å². The summed E-state index contributed by atoms with van der Waals surface area (Å²) in [6, 6.07) is 22.0. The van der Waals surface area contributed by atoms with Gasteiger partial charge in [0, 0.05) is 56.5 Å². The number of hydrogen-bond donors (Lipinski definition) is 4. The molecule has 0 atom stereocenters. The monoisotopic (exact) mass is 448 g/mol. The molecule has 0 unspecified atom stereocenters. The van der Waals surface area contributed by atoms with Gasteiger partial charge in [0.05, 0.1) is 12.4 Å². The minimum absolute atomic E-state index is 0.310. The first-order valence-electron chi connectivity index (χ1n) is 10.6. The van der Waals surface area contributed by atoms with Gasteiger partial charge in [-0.05, 0) is 30.3 Å². The minimum Gasteiger partial charge on any atom is -0.361 e. The molecule has 0 saturated carbocycles. The molecular weight excluding hydrogens is 428 g/mol. The number of aromatic amines is 2. The lowest BCUT2D eigenvalue weighted by atomic mass is 10.1. The molecule has 0 fully saturated rings. The number of rotatable bonds is 6.